The largest absolute Gasteiger partial charge is 0.469 e. The first kappa shape index (κ1) is 15.0. The number of hydrogen-bond acceptors (Lipinski definition) is 5. The third-order valence-electron chi connectivity index (χ3n) is 4.30. The standard InChI is InChI=1S/C16H15N3O4/c1-23-15(21)12-3-2-8-18-13(12)14(20)19(16(18)22)11-6-4-10(9-17)5-7-11/h4-7,12-13H,2-3,8H2,1H3. The highest BCUT2D eigenvalue weighted by Gasteiger charge is 2.53. The van der Waals surface area contributed by atoms with Gasteiger partial charge in [-0.2, -0.15) is 5.26 Å². The van der Waals surface area contributed by atoms with Crippen LogP contribution in [-0.2, 0) is 14.3 Å². The fourth-order valence-electron chi connectivity index (χ4n) is 3.19. The van der Waals surface area contributed by atoms with Gasteiger partial charge in [0.1, 0.15) is 6.04 Å². The maximum atomic E-state index is 12.7. The summed E-state index contributed by atoms with van der Waals surface area (Å²) in [7, 11) is 1.28. The summed E-state index contributed by atoms with van der Waals surface area (Å²) < 4.78 is 4.77. The van der Waals surface area contributed by atoms with Crippen molar-refractivity contribution in [3.05, 3.63) is 29.8 Å². The lowest BCUT2D eigenvalue weighted by Gasteiger charge is -2.31. The van der Waals surface area contributed by atoms with Crippen LogP contribution in [0.4, 0.5) is 10.5 Å². The molecule has 0 saturated carbocycles. The lowest BCUT2D eigenvalue weighted by molar-refractivity contribution is -0.150. The lowest BCUT2D eigenvalue weighted by Crippen LogP contribution is -2.48. The van der Waals surface area contributed by atoms with Gasteiger partial charge in [0.05, 0.1) is 30.3 Å². The fourth-order valence-corrected chi connectivity index (χ4v) is 3.19. The molecular weight excluding hydrogens is 298 g/mol. The zero-order valence-electron chi connectivity index (χ0n) is 12.6. The van der Waals surface area contributed by atoms with E-state index in [0.29, 0.717) is 30.6 Å². The molecule has 1 aromatic carbocycles. The highest BCUT2D eigenvalue weighted by molar-refractivity contribution is 6.22. The van der Waals surface area contributed by atoms with Crippen LogP contribution in [0.1, 0.15) is 18.4 Å². The van der Waals surface area contributed by atoms with Gasteiger partial charge in [-0.1, -0.05) is 0 Å². The van der Waals surface area contributed by atoms with E-state index in [1.807, 2.05) is 6.07 Å². The predicted molar refractivity (Wildman–Crippen MR) is 79.3 cm³/mol. The summed E-state index contributed by atoms with van der Waals surface area (Å²) in [6.07, 6.45) is 1.17. The molecule has 0 radical (unpaired) electrons. The number of imide groups is 1. The zero-order chi connectivity index (χ0) is 16.6. The van der Waals surface area contributed by atoms with Crippen LogP contribution in [0.2, 0.25) is 0 Å². The highest BCUT2D eigenvalue weighted by Crippen LogP contribution is 2.34. The first-order chi connectivity index (χ1) is 11.1. The van der Waals surface area contributed by atoms with Gasteiger partial charge in [0, 0.05) is 6.54 Å². The molecule has 2 aliphatic rings. The van der Waals surface area contributed by atoms with Gasteiger partial charge in [0.2, 0.25) is 0 Å². The molecule has 1 aromatic rings. The molecule has 2 fully saturated rings. The van der Waals surface area contributed by atoms with Gasteiger partial charge in [-0.05, 0) is 37.1 Å². The average Bonchev–Trinajstić information content (AvgIpc) is 2.85. The minimum absolute atomic E-state index is 0.400. The molecule has 3 amide bonds. The van der Waals surface area contributed by atoms with Crippen LogP contribution in [0.3, 0.4) is 0 Å². The van der Waals surface area contributed by atoms with Crippen LogP contribution in [0.15, 0.2) is 24.3 Å². The van der Waals surface area contributed by atoms with E-state index in [-0.39, 0.29) is 0 Å². The van der Waals surface area contributed by atoms with Gasteiger partial charge < -0.3 is 9.64 Å². The number of carbonyl (C=O) groups excluding carboxylic acids is 3. The molecule has 23 heavy (non-hydrogen) atoms. The number of piperidine rings is 1. The Bertz CT molecular complexity index is 707. The topological polar surface area (TPSA) is 90.7 Å². The van der Waals surface area contributed by atoms with Crippen molar-refractivity contribution >= 4 is 23.6 Å². The third-order valence-corrected chi connectivity index (χ3v) is 4.30. The van der Waals surface area contributed by atoms with Crippen LogP contribution in [0.5, 0.6) is 0 Å². The van der Waals surface area contributed by atoms with Gasteiger partial charge in [0.25, 0.3) is 5.91 Å². The second-order valence-corrected chi connectivity index (χ2v) is 5.53. The van der Waals surface area contributed by atoms with E-state index in [1.165, 1.54) is 12.0 Å². The van der Waals surface area contributed by atoms with E-state index in [1.54, 1.807) is 24.3 Å². The number of anilines is 1. The van der Waals surface area contributed by atoms with E-state index in [4.69, 9.17) is 10.00 Å². The zero-order valence-corrected chi connectivity index (χ0v) is 12.6. The minimum Gasteiger partial charge on any atom is -0.469 e. The van der Waals surface area contributed by atoms with E-state index >= 15 is 0 Å². The predicted octanol–water partition coefficient (Wildman–Crippen LogP) is 1.28. The van der Waals surface area contributed by atoms with Crippen molar-refractivity contribution in [1.29, 1.82) is 5.26 Å². The summed E-state index contributed by atoms with van der Waals surface area (Å²) in [5, 5.41) is 8.83. The van der Waals surface area contributed by atoms with Crippen LogP contribution >= 0.6 is 0 Å². The Kier molecular flexibility index (Phi) is 3.74. The van der Waals surface area contributed by atoms with Crippen molar-refractivity contribution < 1.29 is 19.1 Å². The number of ether oxygens (including phenoxy) is 1. The Labute approximate surface area is 133 Å². The Hall–Kier alpha value is -2.88. The van der Waals surface area contributed by atoms with E-state index in [9.17, 15) is 14.4 Å². The number of hydrogen-bond donors (Lipinski definition) is 0. The second kappa shape index (κ2) is 5.72. The Balaban J connectivity index is 1.95. The summed E-state index contributed by atoms with van der Waals surface area (Å²) >= 11 is 0. The quantitative estimate of drug-likeness (QED) is 0.606. The summed E-state index contributed by atoms with van der Waals surface area (Å²) in [5.41, 5.74) is 0.843. The van der Waals surface area contributed by atoms with Crippen LogP contribution in [0, 0.1) is 17.2 Å². The molecule has 3 rings (SSSR count). The van der Waals surface area contributed by atoms with Gasteiger partial charge >= 0.3 is 12.0 Å². The second-order valence-electron chi connectivity index (χ2n) is 5.53. The minimum atomic E-state index is -0.806. The fraction of sp³-hybridized carbons (Fsp3) is 0.375. The highest BCUT2D eigenvalue weighted by atomic mass is 16.5. The Morgan fingerprint density at radius 2 is 2.00 bits per heavy atom. The molecular formula is C16H15N3O4. The molecule has 0 bridgehead atoms. The Morgan fingerprint density at radius 3 is 2.61 bits per heavy atom. The molecule has 0 spiro atoms. The monoisotopic (exact) mass is 313 g/mol. The van der Waals surface area contributed by atoms with E-state index < -0.39 is 29.9 Å². The smallest absolute Gasteiger partial charge is 0.332 e. The average molecular weight is 313 g/mol. The number of nitrogens with zero attached hydrogens (tertiary/aromatic N) is 3. The molecule has 7 heteroatoms. The number of methoxy groups -OCH3 is 1. The summed E-state index contributed by atoms with van der Waals surface area (Å²) in [6.45, 7) is 0.440. The number of amides is 3. The van der Waals surface area contributed by atoms with Gasteiger partial charge in [-0.25, -0.2) is 9.69 Å². The van der Waals surface area contributed by atoms with Crippen molar-refractivity contribution in [1.82, 2.24) is 4.90 Å². The first-order valence-corrected chi connectivity index (χ1v) is 7.31. The number of carbonyl (C=O) groups is 3. The number of rotatable bonds is 2. The third kappa shape index (κ3) is 2.32. The summed E-state index contributed by atoms with van der Waals surface area (Å²) in [5.74, 6) is -1.52. The molecule has 118 valence electrons. The number of esters is 1. The van der Waals surface area contributed by atoms with E-state index in [0.717, 1.165) is 4.90 Å². The molecule has 2 atom stereocenters. The van der Waals surface area contributed by atoms with Crippen molar-refractivity contribution in [2.45, 2.75) is 18.9 Å². The molecule has 7 nitrogen and oxygen atoms in total. The van der Waals surface area contributed by atoms with Crippen molar-refractivity contribution in [3.8, 4) is 6.07 Å². The Morgan fingerprint density at radius 1 is 1.30 bits per heavy atom. The number of nitriles is 1. The normalized spacial score (nSPS) is 23.5. The molecule has 2 saturated heterocycles. The molecule has 0 aromatic heterocycles. The summed E-state index contributed by atoms with van der Waals surface area (Å²) in [4.78, 5) is 39.7. The van der Waals surface area contributed by atoms with Gasteiger partial charge in [-0.15, -0.1) is 0 Å². The first-order valence-electron chi connectivity index (χ1n) is 7.31. The van der Waals surface area contributed by atoms with Crippen molar-refractivity contribution in [2.24, 2.45) is 5.92 Å². The van der Waals surface area contributed by atoms with E-state index in [2.05, 4.69) is 0 Å². The maximum absolute atomic E-state index is 12.7. The maximum Gasteiger partial charge on any atom is 0.332 e. The van der Waals surface area contributed by atoms with Crippen molar-refractivity contribution in [2.75, 3.05) is 18.6 Å². The number of fused-ring (bicyclic) bond motifs is 1. The molecule has 2 heterocycles. The van der Waals surface area contributed by atoms with Gasteiger partial charge in [0.15, 0.2) is 0 Å². The van der Waals surface area contributed by atoms with Crippen LogP contribution < -0.4 is 4.90 Å². The SMILES string of the molecule is COC(=O)C1CCCN2C(=O)N(c3ccc(C#N)cc3)C(=O)C12. The molecule has 2 unspecified atom stereocenters. The molecule has 0 N–H and O–H groups in total. The molecule has 2 aliphatic heterocycles. The number of urea groups is 1. The van der Waals surface area contributed by atoms with Crippen LogP contribution in [-0.4, -0.2) is 42.5 Å². The summed E-state index contributed by atoms with van der Waals surface area (Å²) in [6, 6.07) is 6.95. The van der Waals surface area contributed by atoms with Crippen LogP contribution in [0.25, 0.3) is 0 Å². The lowest BCUT2D eigenvalue weighted by atomic mass is 9.89. The molecule has 0 aliphatic carbocycles. The number of benzene rings is 1. The van der Waals surface area contributed by atoms with Crippen molar-refractivity contribution in [3.63, 3.8) is 0 Å². The van der Waals surface area contributed by atoms with Gasteiger partial charge in [-0.3, -0.25) is 9.59 Å².